The first-order valence-corrected chi connectivity index (χ1v) is 8.65. The van der Waals surface area contributed by atoms with Gasteiger partial charge in [-0.05, 0) is 17.7 Å². The fraction of sp³-hybridized carbons (Fsp3) is 0.188. The van der Waals surface area contributed by atoms with Crippen LogP contribution in [0.3, 0.4) is 0 Å². The standard InChI is InChI=1S/C16H15NO6S/c18-16(19)15(11-4-2-1-3-5-11)17-24(20,21)12-6-7-13-14(10-12)23-9-8-22-13/h1-7,10,15,17H,8-9H2,(H,18,19). The fourth-order valence-electron chi connectivity index (χ4n) is 2.32. The number of carboxylic acids is 1. The molecule has 0 fully saturated rings. The van der Waals surface area contributed by atoms with Crippen molar-refractivity contribution >= 4 is 16.0 Å². The van der Waals surface area contributed by atoms with Crippen molar-refractivity contribution in [2.24, 2.45) is 0 Å². The van der Waals surface area contributed by atoms with Gasteiger partial charge in [0.1, 0.15) is 19.3 Å². The zero-order valence-electron chi connectivity index (χ0n) is 12.5. The second-order valence-corrected chi connectivity index (χ2v) is 6.82. The zero-order valence-corrected chi connectivity index (χ0v) is 13.3. The monoisotopic (exact) mass is 349 g/mol. The Hall–Kier alpha value is -2.58. The van der Waals surface area contributed by atoms with E-state index in [9.17, 15) is 18.3 Å². The second-order valence-electron chi connectivity index (χ2n) is 5.11. The lowest BCUT2D eigenvalue weighted by molar-refractivity contribution is -0.139. The van der Waals surface area contributed by atoms with Crippen LogP contribution in [0.2, 0.25) is 0 Å². The summed E-state index contributed by atoms with van der Waals surface area (Å²) in [6, 6.07) is 10.9. The van der Waals surface area contributed by atoms with Gasteiger partial charge in [-0.2, -0.15) is 4.72 Å². The van der Waals surface area contributed by atoms with Gasteiger partial charge in [0.15, 0.2) is 11.5 Å². The van der Waals surface area contributed by atoms with Crippen molar-refractivity contribution in [3.63, 3.8) is 0 Å². The molecule has 7 nitrogen and oxygen atoms in total. The Morgan fingerprint density at radius 3 is 2.38 bits per heavy atom. The van der Waals surface area contributed by atoms with Crippen molar-refractivity contribution in [3.8, 4) is 11.5 Å². The molecule has 2 aromatic rings. The van der Waals surface area contributed by atoms with Gasteiger partial charge in [-0.1, -0.05) is 30.3 Å². The number of fused-ring (bicyclic) bond motifs is 1. The fourth-order valence-corrected chi connectivity index (χ4v) is 3.51. The highest BCUT2D eigenvalue weighted by atomic mass is 32.2. The molecule has 24 heavy (non-hydrogen) atoms. The van der Waals surface area contributed by atoms with E-state index in [4.69, 9.17) is 9.47 Å². The zero-order chi connectivity index (χ0) is 17.2. The van der Waals surface area contributed by atoms with Crippen molar-refractivity contribution in [2.45, 2.75) is 10.9 Å². The Morgan fingerprint density at radius 1 is 1.04 bits per heavy atom. The van der Waals surface area contributed by atoms with E-state index in [0.717, 1.165) is 0 Å². The largest absolute Gasteiger partial charge is 0.486 e. The molecule has 3 rings (SSSR count). The highest BCUT2D eigenvalue weighted by Crippen LogP contribution is 2.32. The molecule has 2 N–H and O–H groups in total. The molecule has 1 heterocycles. The van der Waals surface area contributed by atoms with Gasteiger partial charge in [-0.25, -0.2) is 8.42 Å². The summed E-state index contributed by atoms with van der Waals surface area (Å²) in [5.41, 5.74) is 0.339. The third-order valence-electron chi connectivity index (χ3n) is 3.48. The third-order valence-corrected chi connectivity index (χ3v) is 4.90. The number of sulfonamides is 1. The van der Waals surface area contributed by atoms with Crippen LogP contribution in [0.1, 0.15) is 11.6 Å². The summed E-state index contributed by atoms with van der Waals surface area (Å²) in [5.74, 6) is -0.518. The van der Waals surface area contributed by atoms with Crippen LogP contribution in [0, 0.1) is 0 Å². The SMILES string of the molecule is O=C(O)C(NS(=O)(=O)c1ccc2c(c1)OCCO2)c1ccccc1. The van der Waals surface area contributed by atoms with Gasteiger partial charge in [-0.15, -0.1) is 0 Å². The molecular weight excluding hydrogens is 334 g/mol. The van der Waals surface area contributed by atoms with Gasteiger partial charge in [0.25, 0.3) is 0 Å². The summed E-state index contributed by atoms with van der Waals surface area (Å²) in [6.45, 7) is 0.720. The number of carbonyl (C=O) groups is 1. The average Bonchev–Trinajstić information content (AvgIpc) is 2.60. The Balaban J connectivity index is 1.91. The molecule has 1 atom stereocenters. The number of aliphatic carboxylic acids is 1. The van der Waals surface area contributed by atoms with Crippen LogP contribution in [0.4, 0.5) is 0 Å². The normalized spacial score (nSPS) is 14.8. The quantitative estimate of drug-likeness (QED) is 0.849. The van der Waals surface area contributed by atoms with Crippen LogP contribution >= 0.6 is 0 Å². The maximum Gasteiger partial charge on any atom is 0.326 e. The van der Waals surface area contributed by atoms with Gasteiger partial charge >= 0.3 is 5.97 Å². The molecule has 1 aliphatic heterocycles. The van der Waals surface area contributed by atoms with E-state index in [2.05, 4.69) is 4.72 Å². The van der Waals surface area contributed by atoms with Gasteiger partial charge in [0.2, 0.25) is 10.0 Å². The highest BCUT2D eigenvalue weighted by Gasteiger charge is 2.28. The number of benzene rings is 2. The maximum absolute atomic E-state index is 12.5. The van der Waals surface area contributed by atoms with Crippen molar-refractivity contribution in [1.29, 1.82) is 0 Å². The lowest BCUT2D eigenvalue weighted by Crippen LogP contribution is -2.33. The maximum atomic E-state index is 12.5. The summed E-state index contributed by atoms with van der Waals surface area (Å²) >= 11 is 0. The third kappa shape index (κ3) is 3.34. The van der Waals surface area contributed by atoms with Crippen molar-refractivity contribution in [2.75, 3.05) is 13.2 Å². The minimum atomic E-state index is -4.05. The Bertz CT molecular complexity index is 850. The van der Waals surface area contributed by atoms with Crippen molar-refractivity contribution < 1.29 is 27.8 Å². The molecule has 0 amide bonds. The number of hydrogen-bond donors (Lipinski definition) is 2. The first-order valence-electron chi connectivity index (χ1n) is 7.17. The van der Waals surface area contributed by atoms with E-state index < -0.39 is 22.0 Å². The summed E-state index contributed by atoms with van der Waals surface area (Å²) in [4.78, 5) is 11.4. The van der Waals surface area contributed by atoms with E-state index in [1.165, 1.54) is 18.2 Å². The minimum absolute atomic E-state index is 0.0890. The van der Waals surface area contributed by atoms with Crippen LogP contribution in [0.15, 0.2) is 53.4 Å². The molecular formula is C16H15NO6S. The lowest BCUT2D eigenvalue weighted by atomic mass is 10.1. The molecule has 0 bridgehead atoms. The van der Waals surface area contributed by atoms with E-state index in [0.29, 0.717) is 30.3 Å². The van der Waals surface area contributed by atoms with Crippen LogP contribution < -0.4 is 14.2 Å². The molecule has 0 spiro atoms. The molecule has 1 unspecified atom stereocenters. The Kier molecular flexibility index (Phi) is 4.41. The smallest absolute Gasteiger partial charge is 0.326 e. The second kappa shape index (κ2) is 6.50. The van der Waals surface area contributed by atoms with Crippen molar-refractivity contribution in [1.82, 2.24) is 4.72 Å². The number of ether oxygens (including phenoxy) is 2. The van der Waals surface area contributed by atoms with E-state index >= 15 is 0 Å². The Morgan fingerprint density at radius 2 is 1.71 bits per heavy atom. The van der Waals surface area contributed by atoms with Crippen LogP contribution in [-0.4, -0.2) is 32.7 Å². The summed E-state index contributed by atoms with van der Waals surface area (Å²) in [7, 11) is -4.05. The first kappa shape index (κ1) is 16.3. The number of carboxylic acid groups (broad SMARTS) is 1. The van der Waals surface area contributed by atoms with Gasteiger partial charge in [0.05, 0.1) is 4.90 Å². The highest BCUT2D eigenvalue weighted by molar-refractivity contribution is 7.89. The van der Waals surface area contributed by atoms with Crippen LogP contribution in [0.25, 0.3) is 0 Å². The summed E-state index contributed by atoms with van der Waals surface area (Å²) < 4.78 is 38.0. The van der Waals surface area contributed by atoms with Gasteiger partial charge in [0, 0.05) is 6.07 Å². The molecule has 1 aliphatic rings. The number of rotatable bonds is 5. The number of nitrogens with one attached hydrogen (secondary N) is 1. The average molecular weight is 349 g/mol. The minimum Gasteiger partial charge on any atom is -0.486 e. The van der Waals surface area contributed by atoms with E-state index in [1.54, 1.807) is 30.3 Å². The van der Waals surface area contributed by atoms with Crippen LogP contribution in [0.5, 0.6) is 11.5 Å². The molecule has 126 valence electrons. The van der Waals surface area contributed by atoms with Gasteiger partial charge < -0.3 is 14.6 Å². The molecule has 0 radical (unpaired) electrons. The summed E-state index contributed by atoms with van der Waals surface area (Å²) in [5, 5.41) is 9.36. The topological polar surface area (TPSA) is 102 Å². The first-order chi connectivity index (χ1) is 11.5. The molecule has 0 saturated heterocycles. The predicted octanol–water partition coefficient (Wildman–Crippen LogP) is 1.56. The van der Waals surface area contributed by atoms with Crippen LogP contribution in [-0.2, 0) is 14.8 Å². The van der Waals surface area contributed by atoms with Gasteiger partial charge in [-0.3, -0.25) is 4.79 Å². The number of hydrogen-bond acceptors (Lipinski definition) is 5. The molecule has 0 saturated carbocycles. The van der Waals surface area contributed by atoms with E-state index in [-0.39, 0.29) is 4.90 Å². The molecule has 0 aliphatic carbocycles. The predicted molar refractivity (Wildman–Crippen MR) is 84.6 cm³/mol. The molecule has 2 aromatic carbocycles. The Labute approximate surface area is 138 Å². The lowest BCUT2D eigenvalue weighted by Gasteiger charge is -2.20. The molecule has 8 heteroatoms. The molecule has 0 aromatic heterocycles. The van der Waals surface area contributed by atoms with E-state index in [1.807, 2.05) is 0 Å². The van der Waals surface area contributed by atoms with Crippen molar-refractivity contribution in [3.05, 3.63) is 54.1 Å². The summed E-state index contributed by atoms with van der Waals surface area (Å²) in [6.07, 6.45) is 0.